The summed E-state index contributed by atoms with van der Waals surface area (Å²) in [6.45, 7) is 5.43. The van der Waals surface area contributed by atoms with Gasteiger partial charge in [0.1, 0.15) is 12.4 Å². The Morgan fingerprint density at radius 1 is 1.10 bits per heavy atom. The first-order valence-electron chi connectivity index (χ1n) is 6.78. The van der Waals surface area contributed by atoms with Crippen molar-refractivity contribution in [1.82, 2.24) is 0 Å². The third-order valence-electron chi connectivity index (χ3n) is 3.42. The predicted molar refractivity (Wildman–Crippen MR) is 87.1 cm³/mol. The molecule has 2 rings (SSSR count). The lowest BCUT2D eigenvalue weighted by Crippen LogP contribution is -2.06. The molecule has 0 saturated carbocycles. The minimum Gasteiger partial charge on any atom is -0.487 e. The van der Waals surface area contributed by atoms with Gasteiger partial charge in [-0.25, -0.2) is 0 Å². The SMILES string of the molecule is Cc1ccc(COc2c(Br)cccc2CCN)cc1C. The van der Waals surface area contributed by atoms with Crippen LogP contribution >= 0.6 is 15.9 Å². The Hall–Kier alpha value is -1.32. The van der Waals surface area contributed by atoms with Crippen LogP contribution in [0.2, 0.25) is 0 Å². The molecule has 2 N–H and O–H groups in total. The van der Waals surface area contributed by atoms with E-state index in [9.17, 15) is 0 Å². The van der Waals surface area contributed by atoms with Crippen LogP contribution in [0.1, 0.15) is 22.3 Å². The largest absolute Gasteiger partial charge is 0.487 e. The molecule has 0 aliphatic heterocycles. The van der Waals surface area contributed by atoms with Crippen LogP contribution in [-0.2, 0) is 13.0 Å². The van der Waals surface area contributed by atoms with Crippen LogP contribution in [0.15, 0.2) is 40.9 Å². The molecule has 3 heteroatoms. The normalized spacial score (nSPS) is 10.6. The van der Waals surface area contributed by atoms with Crippen molar-refractivity contribution in [3.63, 3.8) is 0 Å². The number of ether oxygens (including phenoxy) is 1. The summed E-state index contributed by atoms with van der Waals surface area (Å²) in [4.78, 5) is 0. The summed E-state index contributed by atoms with van der Waals surface area (Å²) in [5.41, 5.74) is 10.6. The molecular formula is C17H20BrNO. The highest BCUT2D eigenvalue weighted by Crippen LogP contribution is 2.30. The summed E-state index contributed by atoms with van der Waals surface area (Å²) >= 11 is 3.55. The maximum absolute atomic E-state index is 6.00. The zero-order valence-electron chi connectivity index (χ0n) is 11.9. The Morgan fingerprint density at radius 3 is 2.60 bits per heavy atom. The van der Waals surface area contributed by atoms with Gasteiger partial charge in [-0.05, 0) is 71.1 Å². The standard InChI is InChI=1S/C17H20BrNO/c1-12-6-7-14(10-13(12)2)11-20-17-15(8-9-19)4-3-5-16(17)18/h3-7,10H,8-9,11,19H2,1-2H3. The Labute approximate surface area is 129 Å². The lowest BCUT2D eigenvalue weighted by molar-refractivity contribution is 0.301. The first-order valence-corrected chi connectivity index (χ1v) is 7.57. The molecule has 2 nitrogen and oxygen atoms in total. The Morgan fingerprint density at radius 2 is 1.90 bits per heavy atom. The molecule has 2 aromatic rings. The van der Waals surface area contributed by atoms with Gasteiger partial charge in [-0.15, -0.1) is 0 Å². The quantitative estimate of drug-likeness (QED) is 0.892. The van der Waals surface area contributed by atoms with Crippen molar-refractivity contribution in [1.29, 1.82) is 0 Å². The van der Waals surface area contributed by atoms with Gasteiger partial charge in [0.15, 0.2) is 0 Å². The van der Waals surface area contributed by atoms with Gasteiger partial charge >= 0.3 is 0 Å². The zero-order chi connectivity index (χ0) is 14.5. The lowest BCUT2D eigenvalue weighted by atomic mass is 10.1. The number of hydrogen-bond donors (Lipinski definition) is 1. The summed E-state index contributed by atoms with van der Waals surface area (Å²) in [5, 5.41) is 0. The molecule has 0 heterocycles. The molecule has 0 spiro atoms. The van der Waals surface area contributed by atoms with Crippen LogP contribution < -0.4 is 10.5 Å². The molecule has 0 aliphatic rings. The average Bonchev–Trinajstić information content (AvgIpc) is 2.42. The number of aryl methyl sites for hydroxylation is 2. The van der Waals surface area contributed by atoms with Gasteiger partial charge in [-0.1, -0.05) is 30.3 Å². The van der Waals surface area contributed by atoms with E-state index in [1.165, 1.54) is 16.7 Å². The summed E-state index contributed by atoms with van der Waals surface area (Å²) in [5.74, 6) is 0.899. The van der Waals surface area contributed by atoms with E-state index in [1.54, 1.807) is 0 Å². The van der Waals surface area contributed by atoms with Gasteiger partial charge < -0.3 is 10.5 Å². The van der Waals surface area contributed by atoms with Gasteiger partial charge in [0.2, 0.25) is 0 Å². The second kappa shape index (κ2) is 6.91. The monoisotopic (exact) mass is 333 g/mol. The van der Waals surface area contributed by atoms with Crippen LogP contribution in [0.25, 0.3) is 0 Å². The second-order valence-corrected chi connectivity index (χ2v) is 5.83. The summed E-state index contributed by atoms with van der Waals surface area (Å²) in [6.07, 6.45) is 0.821. The summed E-state index contributed by atoms with van der Waals surface area (Å²) in [6, 6.07) is 12.5. The van der Waals surface area contributed by atoms with Crippen LogP contribution in [0.5, 0.6) is 5.75 Å². The fourth-order valence-electron chi connectivity index (χ4n) is 2.12. The van der Waals surface area contributed by atoms with Crippen LogP contribution in [-0.4, -0.2) is 6.54 Å². The molecule has 0 bridgehead atoms. The van der Waals surface area contributed by atoms with Crippen LogP contribution in [0.4, 0.5) is 0 Å². The molecule has 0 aliphatic carbocycles. The van der Waals surface area contributed by atoms with E-state index >= 15 is 0 Å². The van der Waals surface area contributed by atoms with Crippen LogP contribution in [0.3, 0.4) is 0 Å². The van der Waals surface area contributed by atoms with Gasteiger partial charge in [-0.2, -0.15) is 0 Å². The van der Waals surface area contributed by atoms with Gasteiger partial charge in [0, 0.05) is 0 Å². The Balaban J connectivity index is 2.15. The number of hydrogen-bond acceptors (Lipinski definition) is 2. The molecule has 0 radical (unpaired) electrons. The molecule has 0 unspecified atom stereocenters. The average molecular weight is 334 g/mol. The first-order chi connectivity index (χ1) is 9.61. The third kappa shape index (κ3) is 3.62. The number of para-hydroxylation sites is 1. The van der Waals surface area contributed by atoms with Crippen molar-refractivity contribution in [2.45, 2.75) is 26.9 Å². The van der Waals surface area contributed by atoms with Gasteiger partial charge in [0.25, 0.3) is 0 Å². The fraction of sp³-hybridized carbons (Fsp3) is 0.294. The van der Waals surface area contributed by atoms with Gasteiger partial charge in [0.05, 0.1) is 4.47 Å². The second-order valence-electron chi connectivity index (χ2n) is 4.97. The van der Waals surface area contributed by atoms with E-state index in [-0.39, 0.29) is 0 Å². The van der Waals surface area contributed by atoms with Crippen molar-refractivity contribution in [3.05, 3.63) is 63.1 Å². The van der Waals surface area contributed by atoms with E-state index in [2.05, 4.69) is 54.0 Å². The highest BCUT2D eigenvalue weighted by atomic mass is 79.9. The third-order valence-corrected chi connectivity index (χ3v) is 4.04. The lowest BCUT2D eigenvalue weighted by Gasteiger charge is -2.13. The molecule has 0 aromatic heterocycles. The van der Waals surface area contributed by atoms with Crippen molar-refractivity contribution < 1.29 is 4.74 Å². The highest BCUT2D eigenvalue weighted by molar-refractivity contribution is 9.10. The fourth-order valence-corrected chi connectivity index (χ4v) is 2.64. The van der Waals surface area contributed by atoms with Crippen molar-refractivity contribution in [2.75, 3.05) is 6.54 Å². The van der Waals surface area contributed by atoms with E-state index in [1.807, 2.05) is 12.1 Å². The molecule has 20 heavy (non-hydrogen) atoms. The van der Waals surface area contributed by atoms with Gasteiger partial charge in [-0.3, -0.25) is 0 Å². The molecule has 0 fully saturated rings. The molecule has 106 valence electrons. The summed E-state index contributed by atoms with van der Waals surface area (Å²) in [7, 11) is 0. The highest BCUT2D eigenvalue weighted by Gasteiger charge is 2.08. The zero-order valence-corrected chi connectivity index (χ0v) is 13.5. The topological polar surface area (TPSA) is 35.2 Å². The number of nitrogens with two attached hydrogens (primary N) is 1. The molecule has 0 saturated heterocycles. The minimum atomic E-state index is 0.571. The number of rotatable bonds is 5. The van der Waals surface area contributed by atoms with E-state index in [0.29, 0.717) is 13.2 Å². The molecule has 0 atom stereocenters. The molecule has 0 amide bonds. The summed E-state index contributed by atoms with van der Waals surface area (Å²) < 4.78 is 6.98. The minimum absolute atomic E-state index is 0.571. The molecule has 2 aromatic carbocycles. The molecular weight excluding hydrogens is 314 g/mol. The number of benzene rings is 2. The van der Waals surface area contributed by atoms with E-state index in [4.69, 9.17) is 10.5 Å². The predicted octanol–water partition coefficient (Wildman–Crippen LogP) is 4.15. The smallest absolute Gasteiger partial charge is 0.137 e. The van der Waals surface area contributed by atoms with Crippen molar-refractivity contribution in [2.24, 2.45) is 5.73 Å². The Bertz CT molecular complexity index is 596. The number of halogens is 1. The van der Waals surface area contributed by atoms with Crippen molar-refractivity contribution >= 4 is 15.9 Å². The Kier molecular flexibility index (Phi) is 5.21. The maximum atomic E-state index is 6.00. The van der Waals surface area contributed by atoms with E-state index < -0.39 is 0 Å². The first kappa shape index (κ1) is 15.1. The van der Waals surface area contributed by atoms with Crippen LogP contribution in [0, 0.1) is 13.8 Å². The van der Waals surface area contributed by atoms with Crippen molar-refractivity contribution in [3.8, 4) is 5.75 Å². The van der Waals surface area contributed by atoms with E-state index in [0.717, 1.165) is 22.2 Å². The maximum Gasteiger partial charge on any atom is 0.137 e.